The second-order valence-electron chi connectivity index (χ2n) is 5.35. The van der Waals surface area contributed by atoms with Gasteiger partial charge in [0.2, 0.25) is 0 Å². The molecule has 0 aromatic heterocycles. The van der Waals surface area contributed by atoms with Crippen LogP contribution < -0.4 is 4.74 Å². The molecule has 0 aliphatic heterocycles. The van der Waals surface area contributed by atoms with E-state index < -0.39 is 0 Å². The Hall–Kier alpha value is -2.54. The van der Waals surface area contributed by atoms with Crippen LogP contribution in [0.1, 0.15) is 18.1 Å². The van der Waals surface area contributed by atoms with Crippen LogP contribution in [0.25, 0.3) is 11.1 Å². The molecule has 0 heterocycles. The van der Waals surface area contributed by atoms with Gasteiger partial charge in [0, 0.05) is 0 Å². The van der Waals surface area contributed by atoms with Gasteiger partial charge in [0.1, 0.15) is 12.4 Å². The van der Waals surface area contributed by atoms with Crippen molar-refractivity contribution in [3.05, 3.63) is 90.0 Å². The summed E-state index contributed by atoms with van der Waals surface area (Å²) in [5.74, 6) is 0.921. The van der Waals surface area contributed by atoms with Crippen molar-refractivity contribution in [2.24, 2.45) is 0 Å². The summed E-state index contributed by atoms with van der Waals surface area (Å²) in [5.41, 5.74) is 4.99. The molecule has 110 valence electrons. The van der Waals surface area contributed by atoms with E-state index in [0.29, 0.717) is 6.61 Å². The van der Waals surface area contributed by atoms with E-state index in [1.807, 2.05) is 18.2 Å². The highest BCUT2D eigenvalue weighted by molar-refractivity contribution is 5.63. The normalized spacial score (nSPS) is 10.4. The van der Waals surface area contributed by atoms with Gasteiger partial charge in [-0.25, -0.2) is 0 Å². The zero-order valence-corrected chi connectivity index (χ0v) is 12.8. The van der Waals surface area contributed by atoms with Crippen LogP contribution >= 0.6 is 0 Å². The molecule has 0 radical (unpaired) electrons. The summed E-state index contributed by atoms with van der Waals surface area (Å²) in [4.78, 5) is 0. The molecule has 0 atom stereocenters. The molecule has 22 heavy (non-hydrogen) atoms. The maximum atomic E-state index is 5.84. The minimum Gasteiger partial charge on any atom is -0.489 e. The van der Waals surface area contributed by atoms with Gasteiger partial charge in [-0.3, -0.25) is 0 Å². The maximum absolute atomic E-state index is 5.84. The summed E-state index contributed by atoms with van der Waals surface area (Å²) in [5, 5.41) is 0. The SMILES string of the molecule is CCc1ccc(OCc2ccc(-c3ccccc3)cc2)cc1. The minimum absolute atomic E-state index is 0.598. The third-order valence-corrected chi connectivity index (χ3v) is 3.80. The van der Waals surface area contributed by atoms with Crippen LogP contribution in [0.4, 0.5) is 0 Å². The molecule has 0 aliphatic rings. The quantitative estimate of drug-likeness (QED) is 0.602. The molecular formula is C21H20O. The Balaban J connectivity index is 1.63. The third-order valence-electron chi connectivity index (χ3n) is 3.80. The number of benzene rings is 3. The average molecular weight is 288 g/mol. The maximum Gasteiger partial charge on any atom is 0.119 e. The first-order valence-corrected chi connectivity index (χ1v) is 7.71. The van der Waals surface area contributed by atoms with Crippen LogP contribution in [0.5, 0.6) is 5.75 Å². The molecule has 0 saturated carbocycles. The van der Waals surface area contributed by atoms with Gasteiger partial charge in [-0.05, 0) is 40.8 Å². The van der Waals surface area contributed by atoms with Crippen molar-refractivity contribution in [1.29, 1.82) is 0 Å². The first-order valence-electron chi connectivity index (χ1n) is 7.71. The monoisotopic (exact) mass is 288 g/mol. The molecule has 3 aromatic rings. The molecule has 3 rings (SSSR count). The van der Waals surface area contributed by atoms with Crippen LogP contribution in [0.15, 0.2) is 78.9 Å². The van der Waals surface area contributed by atoms with E-state index in [1.54, 1.807) is 0 Å². The number of hydrogen-bond acceptors (Lipinski definition) is 1. The molecule has 0 saturated heterocycles. The molecule has 0 spiro atoms. The molecule has 1 heteroatoms. The van der Waals surface area contributed by atoms with Crippen LogP contribution in [-0.4, -0.2) is 0 Å². The lowest BCUT2D eigenvalue weighted by atomic mass is 10.0. The minimum atomic E-state index is 0.598. The van der Waals surface area contributed by atoms with Gasteiger partial charge in [-0.15, -0.1) is 0 Å². The van der Waals surface area contributed by atoms with Crippen molar-refractivity contribution in [3.63, 3.8) is 0 Å². The topological polar surface area (TPSA) is 9.23 Å². The molecule has 0 amide bonds. The Bertz CT molecular complexity index is 697. The zero-order chi connectivity index (χ0) is 15.2. The summed E-state index contributed by atoms with van der Waals surface area (Å²) < 4.78 is 5.84. The first kappa shape index (κ1) is 14.4. The number of aryl methyl sites for hydroxylation is 1. The Morgan fingerprint density at radius 2 is 1.23 bits per heavy atom. The zero-order valence-electron chi connectivity index (χ0n) is 12.8. The number of ether oxygens (including phenoxy) is 1. The molecule has 1 nitrogen and oxygen atoms in total. The first-order chi connectivity index (χ1) is 10.8. The van der Waals surface area contributed by atoms with E-state index in [-0.39, 0.29) is 0 Å². The summed E-state index contributed by atoms with van der Waals surface area (Å²) in [6.45, 7) is 2.75. The van der Waals surface area contributed by atoms with Crippen molar-refractivity contribution >= 4 is 0 Å². The van der Waals surface area contributed by atoms with E-state index >= 15 is 0 Å². The van der Waals surface area contributed by atoms with Gasteiger partial charge in [0.05, 0.1) is 0 Å². The number of rotatable bonds is 5. The predicted molar refractivity (Wildman–Crippen MR) is 92.0 cm³/mol. The van der Waals surface area contributed by atoms with Crippen molar-refractivity contribution in [3.8, 4) is 16.9 Å². The molecule has 0 N–H and O–H groups in total. The molecule has 0 fully saturated rings. The van der Waals surface area contributed by atoms with Crippen molar-refractivity contribution < 1.29 is 4.74 Å². The Kier molecular flexibility index (Phi) is 4.55. The fourth-order valence-corrected chi connectivity index (χ4v) is 2.41. The summed E-state index contributed by atoms with van der Waals surface area (Å²) >= 11 is 0. The van der Waals surface area contributed by atoms with Gasteiger partial charge in [-0.1, -0.05) is 73.7 Å². The summed E-state index contributed by atoms with van der Waals surface area (Å²) in [6.07, 6.45) is 1.06. The van der Waals surface area contributed by atoms with E-state index in [2.05, 4.69) is 67.6 Å². The van der Waals surface area contributed by atoms with E-state index in [4.69, 9.17) is 4.74 Å². The molecule has 0 unspecified atom stereocenters. The molecule has 3 aromatic carbocycles. The van der Waals surface area contributed by atoms with E-state index in [1.165, 1.54) is 22.3 Å². The second-order valence-corrected chi connectivity index (χ2v) is 5.35. The number of hydrogen-bond donors (Lipinski definition) is 0. The predicted octanol–water partition coefficient (Wildman–Crippen LogP) is 5.50. The lowest BCUT2D eigenvalue weighted by Crippen LogP contribution is -1.95. The fourth-order valence-electron chi connectivity index (χ4n) is 2.41. The van der Waals surface area contributed by atoms with Crippen LogP contribution in [0, 0.1) is 0 Å². The highest BCUT2D eigenvalue weighted by Crippen LogP contribution is 2.20. The summed E-state index contributed by atoms with van der Waals surface area (Å²) in [6, 6.07) is 27.3. The third kappa shape index (κ3) is 3.56. The van der Waals surface area contributed by atoms with Crippen molar-refractivity contribution in [1.82, 2.24) is 0 Å². The molecule has 0 aliphatic carbocycles. The largest absolute Gasteiger partial charge is 0.489 e. The Morgan fingerprint density at radius 1 is 0.636 bits per heavy atom. The van der Waals surface area contributed by atoms with Crippen molar-refractivity contribution in [2.75, 3.05) is 0 Å². The average Bonchev–Trinajstić information content (AvgIpc) is 2.61. The van der Waals surface area contributed by atoms with Gasteiger partial charge < -0.3 is 4.74 Å². The van der Waals surface area contributed by atoms with Gasteiger partial charge in [0.15, 0.2) is 0 Å². The highest BCUT2D eigenvalue weighted by Gasteiger charge is 1.99. The Morgan fingerprint density at radius 3 is 1.86 bits per heavy atom. The van der Waals surface area contributed by atoms with Crippen LogP contribution in [-0.2, 0) is 13.0 Å². The standard InChI is InChI=1S/C21H20O/c1-2-17-10-14-21(15-11-17)22-16-18-8-12-20(13-9-18)19-6-4-3-5-7-19/h3-15H,2,16H2,1H3. The van der Waals surface area contributed by atoms with Crippen LogP contribution in [0.3, 0.4) is 0 Å². The van der Waals surface area contributed by atoms with Crippen molar-refractivity contribution in [2.45, 2.75) is 20.0 Å². The highest BCUT2D eigenvalue weighted by atomic mass is 16.5. The van der Waals surface area contributed by atoms with Gasteiger partial charge >= 0.3 is 0 Å². The van der Waals surface area contributed by atoms with E-state index in [0.717, 1.165) is 12.2 Å². The smallest absolute Gasteiger partial charge is 0.119 e. The lowest BCUT2D eigenvalue weighted by Gasteiger charge is -2.08. The fraction of sp³-hybridized carbons (Fsp3) is 0.143. The summed E-state index contributed by atoms with van der Waals surface area (Å²) in [7, 11) is 0. The lowest BCUT2D eigenvalue weighted by molar-refractivity contribution is 0.306. The Labute approximate surface area is 132 Å². The van der Waals surface area contributed by atoms with Gasteiger partial charge in [-0.2, -0.15) is 0 Å². The second kappa shape index (κ2) is 6.95. The molecular weight excluding hydrogens is 268 g/mol. The van der Waals surface area contributed by atoms with Crippen LogP contribution in [0.2, 0.25) is 0 Å². The molecule has 0 bridgehead atoms. The van der Waals surface area contributed by atoms with Gasteiger partial charge in [0.25, 0.3) is 0 Å². The van der Waals surface area contributed by atoms with E-state index in [9.17, 15) is 0 Å².